The summed E-state index contributed by atoms with van der Waals surface area (Å²) in [4.78, 5) is 25.2. The summed E-state index contributed by atoms with van der Waals surface area (Å²) in [5.74, 6) is 0.174. The van der Waals surface area contributed by atoms with Crippen LogP contribution in [0, 0.1) is 11.3 Å². The lowest BCUT2D eigenvalue weighted by Gasteiger charge is -2.30. The molecule has 1 atom stereocenters. The van der Waals surface area contributed by atoms with E-state index in [0.717, 1.165) is 0 Å². The molecule has 0 saturated carbocycles. The Morgan fingerprint density at radius 3 is 2.72 bits per heavy atom. The molecule has 1 heterocycles. The minimum Gasteiger partial charge on any atom is -0.493 e. The Morgan fingerprint density at radius 1 is 1.23 bits per heavy atom. The number of amides is 1. The number of thiocarbonyl (C=S) groups is 1. The van der Waals surface area contributed by atoms with Crippen LogP contribution in [0.15, 0.2) is 57.2 Å². The molecule has 0 radical (unpaired) electrons. The third kappa shape index (κ3) is 7.68. The predicted molar refractivity (Wildman–Crippen MR) is 150 cm³/mol. The number of para-hydroxylation sites is 1. The van der Waals surface area contributed by atoms with E-state index < -0.39 is 17.9 Å². The smallest absolute Gasteiger partial charge is 0.338 e. The molecule has 0 aromatic heterocycles. The topological polar surface area (TPSA) is 143 Å². The molecule has 0 fully saturated rings. The van der Waals surface area contributed by atoms with Crippen LogP contribution in [-0.4, -0.2) is 50.1 Å². The quantitative estimate of drug-likeness (QED) is 0.149. The lowest BCUT2D eigenvalue weighted by atomic mass is 9.95. The van der Waals surface area contributed by atoms with Crippen LogP contribution in [0.3, 0.4) is 0 Å². The highest BCUT2D eigenvalue weighted by atomic mass is 79.9. The van der Waals surface area contributed by atoms with Gasteiger partial charge in [0.2, 0.25) is 0 Å². The number of carbonyl (C=O) groups excluding carboxylic acids is 2. The van der Waals surface area contributed by atoms with Gasteiger partial charge >= 0.3 is 5.97 Å². The predicted octanol–water partition coefficient (Wildman–Crippen LogP) is 3.25. The monoisotopic (exact) mass is 615 g/mol. The van der Waals surface area contributed by atoms with Gasteiger partial charge in [0.1, 0.15) is 11.8 Å². The Morgan fingerprint density at radius 2 is 2.00 bits per heavy atom. The Bertz CT molecular complexity index is 1360. The maximum Gasteiger partial charge on any atom is 0.338 e. The molecule has 39 heavy (non-hydrogen) atoms. The van der Waals surface area contributed by atoms with Crippen molar-refractivity contribution < 1.29 is 28.5 Å². The molecule has 2 aromatic rings. The van der Waals surface area contributed by atoms with Crippen molar-refractivity contribution in [3.05, 3.63) is 63.3 Å². The highest BCUT2D eigenvalue weighted by Gasteiger charge is 2.32. The third-order valence-corrected chi connectivity index (χ3v) is 6.23. The lowest BCUT2D eigenvalue weighted by Crippen LogP contribution is -2.45. The minimum absolute atomic E-state index is 0.129. The average molecular weight is 616 g/mol. The zero-order chi connectivity index (χ0) is 28.4. The van der Waals surface area contributed by atoms with Crippen LogP contribution < -0.4 is 30.3 Å². The largest absolute Gasteiger partial charge is 0.493 e. The fraction of sp³-hybridized carbons (Fsp3) is 0.269. The molecule has 3 rings (SSSR count). The van der Waals surface area contributed by atoms with Gasteiger partial charge in [0.15, 0.2) is 29.8 Å². The van der Waals surface area contributed by atoms with E-state index in [4.69, 9.17) is 36.4 Å². The molecule has 3 N–H and O–H groups in total. The van der Waals surface area contributed by atoms with E-state index in [1.807, 2.05) is 6.07 Å². The first-order valence-corrected chi connectivity index (χ1v) is 12.8. The van der Waals surface area contributed by atoms with E-state index in [0.29, 0.717) is 49.2 Å². The van der Waals surface area contributed by atoms with E-state index in [-0.39, 0.29) is 19.8 Å². The molecule has 13 heteroatoms. The first kappa shape index (κ1) is 29.4. The highest BCUT2D eigenvalue weighted by molar-refractivity contribution is 9.10. The van der Waals surface area contributed by atoms with Crippen molar-refractivity contribution in [2.75, 3.05) is 26.9 Å². The molecule has 0 bridgehead atoms. The first-order chi connectivity index (χ1) is 18.8. The summed E-state index contributed by atoms with van der Waals surface area (Å²) < 4.78 is 22.3. The van der Waals surface area contributed by atoms with E-state index in [1.165, 1.54) is 13.3 Å². The Labute approximate surface area is 239 Å². The van der Waals surface area contributed by atoms with Crippen LogP contribution in [0.4, 0.5) is 0 Å². The van der Waals surface area contributed by atoms with E-state index in [9.17, 15) is 9.59 Å². The number of hydrogen-bond acceptors (Lipinski definition) is 9. The van der Waals surface area contributed by atoms with Crippen molar-refractivity contribution in [3.8, 4) is 23.3 Å². The van der Waals surface area contributed by atoms with Crippen LogP contribution in [-0.2, 0) is 14.3 Å². The third-order valence-electron chi connectivity index (χ3n) is 5.32. The SMILES string of the molecule is CCOC(=O)C1=C(C)NC(=S)N[C@H]1c1ccccc1OCC(=O)NN=Cc1cc(OC)c(OCC#N)cc1Br. The Balaban J connectivity index is 1.70. The molecule has 1 aliphatic rings. The number of nitrogens with zero attached hydrogens (tertiary/aromatic N) is 2. The number of allylic oxidation sites excluding steroid dienone is 1. The van der Waals surface area contributed by atoms with Gasteiger partial charge in [-0.1, -0.05) is 18.2 Å². The number of ether oxygens (including phenoxy) is 4. The molecular formula is C26H26BrN5O6S. The normalized spacial score (nSPS) is 14.6. The van der Waals surface area contributed by atoms with Gasteiger partial charge in [-0.2, -0.15) is 10.4 Å². The van der Waals surface area contributed by atoms with Gasteiger partial charge in [0.05, 0.1) is 31.5 Å². The van der Waals surface area contributed by atoms with Gasteiger partial charge in [0.25, 0.3) is 5.91 Å². The van der Waals surface area contributed by atoms with Crippen molar-refractivity contribution in [2.24, 2.45) is 5.10 Å². The lowest BCUT2D eigenvalue weighted by molar-refractivity contribution is -0.139. The van der Waals surface area contributed by atoms with Crippen LogP contribution in [0.5, 0.6) is 17.2 Å². The van der Waals surface area contributed by atoms with Crippen molar-refractivity contribution in [3.63, 3.8) is 0 Å². The molecule has 0 unspecified atom stereocenters. The molecule has 0 saturated heterocycles. The summed E-state index contributed by atoms with van der Waals surface area (Å²) in [5, 5.41) is 19.1. The molecule has 2 aromatic carbocycles. The van der Waals surface area contributed by atoms with Gasteiger partial charge in [-0.15, -0.1) is 0 Å². The fourth-order valence-corrected chi connectivity index (χ4v) is 4.33. The first-order valence-electron chi connectivity index (χ1n) is 11.6. The minimum atomic E-state index is -0.637. The van der Waals surface area contributed by atoms with Crippen molar-refractivity contribution in [1.82, 2.24) is 16.1 Å². The van der Waals surface area contributed by atoms with E-state index in [1.54, 1.807) is 50.2 Å². The molecule has 0 aliphatic carbocycles. The Hall–Kier alpha value is -4.15. The number of hydrazone groups is 1. The maximum atomic E-state index is 12.7. The summed E-state index contributed by atoms with van der Waals surface area (Å²) in [6.07, 6.45) is 1.42. The van der Waals surface area contributed by atoms with E-state index >= 15 is 0 Å². The summed E-state index contributed by atoms with van der Waals surface area (Å²) in [6, 6.07) is 11.6. The highest BCUT2D eigenvalue weighted by Crippen LogP contribution is 2.34. The van der Waals surface area contributed by atoms with Crippen LogP contribution in [0.25, 0.3) is 0 Å². The van der Waals surface area contributed by atoms with Crippen LogP contribution >= 0.6 is 28.1 Å². The summed E-state index contributed by atoms with van der Waals surface area (Å²) >= 11 is 8.70. The maximum absolute atomic E-state index is 12.7. The average Bonchev–Trinajstić information content (AvgIpc) is 2.91. The van der Waals surface area contributed by atoms with Crippen molar-refractivity contribution in [2.45, 2.75) is 19.9 Å². The number of nitriles is 1. The number of esters is 1. The van der Waals surface area contributed by atoms with Crippen molar-refractivity contribution in [1.29, 1.82) is 5.26 Å². The summed E-state index contributed by atoms with van der Waals surface area (Å²) in [7, 11) is 1.47. The second kappa shape index (κ2) is 14.1. The molecule has 1 aliphatic heterocycles. The molecule has 1 amide bonds. The number of rotatable bonds is 11. The van der Waals surface area contributed by atoms with E-state index in [2.05, 4.69) is 37.1 Å². The number of benzene rings is 2. The second-order valence-corrected chi connectivity index (χ2v) is 9.14. The number of halogens is 1. The molecule has 11 nitrogen and oxygen atoms in total. The van der Waals surface area contributed by atoms with Gasteiger partial charge < -0.3 is 29.6 Å². The van der Waals surface area contributed by atoms with Gasteiger partial charge in [-0.3, -0.25) is 4.79 Å². The van der Waals surface area contributed by atoms with Crippen molar-refractivity contribution >= 4 is 51.4 Å². The van der Waals surface area contributed by atoms with Gasteiger partial charge in [-0.25, -0.2) is 10.2 Å². The standard InChI is InChI=1S/C26H26BrN5O6S/c1-4-36-25(34)23-15(2)30-26(39)31-24(23)17-7-5-6-8-19(17)38-14-22(33)32-29-13-16-11-20(35-3)21(12-18(16)27)37-10-9-28/h5-8,11-13,24H,4,10,14H2,1-3H3,(H,32,33)(H2,30,31,39)/t24-/m0/s1. The molecule has 204 valence electrons. The fourth-order valence-electron chi connectivity index (χ4n) is 3.64. The molecule has 0 spiro atoms. The summed E-state index contributed by atoms with van der Waals surface area (Å²) in [5.41, 5.74) is 4.55. The Kier molecular flexibility index (Phi) is 10.7. The number of carbonyl (C=O) groups is 2. The van der Waals surface area contributed by atoms with Crippen LogP contribution in [0.2, 0.25) is 0 Å². The zero-order valence-electron chi connectivity index (χ0n) is 21.4. The molecular weight excluding hydrogens is 590 g/mol. The zero-order valence-corrected chi connectivity index (χ0v) is 23.8. The second-order valence-electron chi connectivity index (χ2n) is 7.88. The number of methoxy groups -OCH3 is 1. The van der Waals surface area contributed by atoms with Crippen LogP contribution in [0.1, 0.15) is 31.0 Å². The number of hydrogen-bond donors (Lipinski definition) is 3. The van der Waals surface area contributed by atoms with Gasteiger partial charge in [0, 0.05) is 21.3 Å². The van der Waals surface area contributed by atoms with Gasteiger partial charge in [-0.05, 0) is 60.2 Å². The number of nitrogens with one attached hydrogen (secondary N) is 3. The summed E-state index contributed by atoms with van der Waals surface area (Å²) in [6.45, 7) is 3.21.